The summed E-state index contributed by atoms with van der Waals surface area (Å²) in [6.07, 6.45) is 0. The van der Waals surface area contributed by atoms with Crippen LogP contribution in [0.25, 0.3) is 33.9 Å². The highest BCUT2D eigenvalue weighted by Gasteiger charge is 2.14. The number of phenolic OH excluding ortho intramolecular Hbond substituents is 1. The fraction of sp³-hybridized carbons (Fsp3) is 0.0435. The van der Waals surface area contributed by atoms with Crippen molar-refractivity contribution in [1.29, 1.82) is 0 Å². The number of nitrogens with zero attached hydrogens (tertiary/aromatic N) is 2. The van der Waals surface area contributed by atoms with E-state index in [4.69, 9.17) is 14.7 Å². The van der Waals surface area contributed by atoms with Gasteiger partial charge in [0.2, 0.25) is 0 Å². The lowest BCUT2D eigenvalue weighted by Crippen LogP contribution is -1.97. The van der Waals surface area contributed by atoms with Gasteiger partial charge in [-0.3, -0.25) is 0 Å². The fourth-order valence-electron chi connectivity index (χ4n) is 2.99. The molecule has 0 fully saturated rings. The average Bonchev–Trinajstić information content (AvgIpc) is 2.74. The Morgan fingerprint density at radius 2 is 1.30 bits per heavy atom. The minimum Gasteiger partial charge on any atom is -0.507 e. The molecule has 4 aromatic rings. The molecule has 0 aliphatic heterocycles. The standard InChI is InChI=1S/C23H18N2O2/c1-27-22-14-8-6-12-18(22)20-15-19(17-11-5-7-13-21(17)26)24-23(25-20)16-9-3-2-4-10-16/h2-15,26H,1H3. The molecule has 0 amide bonds. The molecule has 0 aliphatic rings. The summed E-state index contributed by atoms with van der Waals surface area (Å²) >= 11 is 0. The number of aromatic nitrogens is 2. The number of ether oxygens (including phenoxy) is 1. The molecule has 4 heteroatoms. The Hall–Kier alpha value is -3.66. The molecule has 0 atom stereocenters. The molecule has 0 saturated carbocycles. The Morgan fingerprint density at radius 1 is 0.704 bits per heavy atom. The van der Waals surface area contributed by atoms with Gasteiger partial charge in [0.15, 0.2) is 5.82 Å². The van der Waals surface area contributed by atoms with Crippen LogP contribution in [0.15, 0.2) is 84.9 Å². The van der Waals surface area contributed by atoms with Gasteiger partial charge in [-0.1, -0.05) is 54.6 Å². The summed E-state index contributed by atoms with van der Waals surface area (Å²) in [6, 6.07) is 26.6. The van der Waals surface area contributed by atoms with Crippen LogP contribution in [0, 0.1) is 0 Å². The van der Waals surface area contributed by atoms with Crippen molar-refractivity contribution in [3.8, 4) is 45.4 Å². The normalized spacial score (nSPS) is 10.6. The van der Waals surface area contributed by atoms with Crippen LogP contribution in [0.2, 0.25) is 0 Å². The van der Waals surface area contributed by atoms with Gasteiger partial charge in [-0.15, -0.1) is 0 Å². The van der Waals surface area contributed by atoms with Gasteiger partial charge >= 0.3 is 0 Å². The molecule has 0 aliphatic carbocycles. The van der Waals surface area contributed by atoms with Gasteiger partial charge in [0, 0.05) is 16.7 Å². The summed E-state index contributed by atoms with van der Waals surface area (Å²) < 4.78 is 5.50. The number of aromatic hydroxyl groups is 1. The molecule has 0 bridgehead atoms. The van der Waals surface area contributed by atoms with Gasteiger partial charge in [0.25, 0.3) is 0 Å². The lowest BCUT2D eigenvalue weighted by molar-refractivity contribution is 0.416. The second-order valence-electron chi connectivity index (χ2n) is 6.05. The molecule has 0 saturated heterocycles. The maximum atomic E-state index is 10.3. The average molecular weight is 354 g/mol. The first-order chi connectivity index (χ1) is 13.3. The van der Waals surface area contributed by atoms with Crippen LogP contribution in [-0.4, -0.2) is 22.2 Å². The van der Waals surface area contributed by atoms with E-state index < -0.39 is 0 Å². The Balaban J connectivity index is 1.97. The molecule has 0 radical (unpaired) electrons. The van der Waals surface area contributed by atoms with E-state index in [1.54, 1.807) is 19.2 Å². The van der Waals surface area contributed by atoms with Crippen molar-refractivity contribution in [3.63, 3.8) is 0 Å². The molecule has 0 unspecified atom stereocenters. The van der Waals surface area contributed by atoms with Crippen molar-refractivity contribution in [3.05, 3.63) is 84.9 Å². The molecule has 27 heavy (non-hydrogen) atoms. The number of hydrogen-bond acceptors (Lipinski definition) is 4. The molecule has 1 aromatic heterocycles. The van der Waals surface area contributed by atoms with Crippen molar-refractivity contribution < 1.29 is 9.84 Å². The Morgan fingerprint density at radius 3 is 2.00 bits per heavy atom. The van der Waals surface area contributed by atoms with Crippen LogP contribution in [0.5, 0.6) is 11.5 Å². The first-order valence-corrected chi connectivity index (χ1v) is 8.62. The second-order valence-corrected chi connectivity index (χ2v) is 6.05. The summed E-state index contributed by atoms with van der Waals surface area (Å²) in [7, 11) is 1.64. The largest absolute Gasteiger partial charge is 0.507 e. The van der Waals surface area contributed by atoms with E-state index in [9.17, 15) is 5.11 Å². The van der Waals surface area contributed by atoms with Gasteiger partial charge in [0.1, 0.15) is 11.5 Å². The summed E-state index contributed by atoms with van der Waals surface area (Å²) in [6.45, 7) is 0. The van der Waals surface area contributed by atoms with E-state index in [1.807, 2.05) is 72.8 Å². The third kappa shape index (κ3) is 3.37. The second kappa shape index (κ2) is 7.30. The van der Waals surface area contributed by atoms with Crippen LogP contribution in [0.1, 0.15) is 0 Å². The molecular formula is C23H18N2O2. The maximum Gasteiger partial charge on any atom is 0.160 e. The summed E-state index contributed by atoms with van der Waals surface area (Å²) in [5.41, 5.74) is 3.83. The van der Waals surface area contributed by atoms with Crippen LogP contribution in [0.4, 0.5) is 0 Å². The van der Waals surface area contributed by atoms with Gasteiger partial charge < -0.3 is 9.84 Å². The number of phenols is 1. The minimum atomic E-state index is 0.182. The van der Waals surface area contributed by atoms with Gasteiger partial charge in [-0.25, -0.2) is 9.97 Å². The number of methoxy groups -OCH3 is 1. The van der Waals surface area contributed by atoms with Crippen molar-refractivity contribution in [2.45, 2.75) is 0 Å². The first-order valence-electron chi connectivity index (χ1n) is 8.62. The summed E-state index contributed by atoms with van der Waals surface area (Å²) in [5.74, 6) is 1.51. The van der Waals surface area contributed by atoms with Gasteiger partial charge in [0.05, 0.1) is 18.5 Å². The quantitative estimate of drug-likeness (QED) is 0.548. The highest BCUT2D eigenvalue weighted by atomic mass is 16.5. The number of benzene rings is 3. The van der Waals surface area contributed by atoms with Crippen molar-refractivity contribution in [1.82, 2.24) is 9.97 Å². The van der Waals surface area contributed by atoms with E-state index in [0.717, 1.165) is 22.6 Å². The third-order valence-electron chi connectivity index (χ3n) is 4.32. The number of hydrogen-bond donors (Lipinski definition) is 1. The van der Waals surface area contributed by atoms with Gasteiger partial charge in [-0.05, 0) is 30.3 Å². The highest BCUT2D eigenvalue weighted by molar-refractivity contribution is 5.76. The van der Waals surface area contributed by atoms with E-state index >= 15 is 0 Å². The number of rotatable bonds is 4. The fourth-order valence-corrected chi connectivity index (χ4v) is 2.99. The van der Waals surface area contributed by atoms with E-state index in [0.29, 0.717) is 17.1 Å². The van der Waals surface area contributed by atoms with E-state index in [2.05, 4.69) is 0 Å². The van der Waals surface area contributed by atoms with E-state index in [1.165, 1.54) is 0 Å². The molecule has 3 aromatic carbocycles. The maximum absolute atomic E-state index is 10.3. The molecule has 4 rings (SSSR count). The molecular weight excluding hydrogens is 336 g/mol. The van der Waals surface area contributed by atoms with Crippen molar-refractivity contribution in [2.24, 2.45) is 0 Å². The van der Waals surface area contributed by atoms with Crippen LogP contribution >= 0.6 is 0 Å². The SMILES string of the molecule is COc1ccccc1-c1cc(-c2ccccc2O)nc(-c2ccccc2)n1. The Kier molecular flexibility index (Phi) is 4.54. The van der Waals surface area contributed by atoms with Crippen molar-refractivity contribution in [2.75, 3.05) is 7.11 Å². The zero-order chi connectivity index (χ0) is 18.6. The highest BCUT2D eigenvalue weighted by Crippen LogP contribution is 2.34. The predicted octanol–water partition coefficient (Wildman–Crippen LogP) is 5.19. The van der Waals surface area contributed by atoms with Crippen LogP contribution in [-0.2, 0) is 0 Å². The summed E-state index contributed by atoms with van der Waals surface area (Å²) in [5, 5.41) is 10.3. The van der Waals surface area contributed by atoms with Crippen LogP contribution < -0.4 is 4.74 Å². The van der Waals surface area contributed by atoms with Crippen molar-refractivity contribution >= 4 is 0 Å². The molecule has 1 heterocycles. The molecule has 0 spiro atoms. The zero-order valence-corrected chi connectivity index (χ0v) is 14.8. The third-order valence-corrected chi connectivity index (χ3v) is 4.32. The monoisotopic (exact) mass is 354 g/mol. The Labute approximate surface area is 157 Å². The molecule has 4 nitrogen and oxygen atoms in total. The van der Waals surface area contributed by atoms with E-state index in [-0.39, 0.29) is 5.75 Å². The lowest BCUT2D eigenvalue weighted by atomic mass is 10.1. The topological polar surface area (TPSA) is 55.2 Å². The zero-order valence-electron chi connectivity index (χ0n) is 14.8. The predicted molar refractivity (Wildman–Crippen MR) is 107 cm³/mol. The smallest absolute Gasteiger partial charge is 0.160 e. The first kappa shape index (κ1) is 16.8. The molecule has 132 valence electrons. The summed E-state index contributed by atoms with van der Waals surface area (Å²) in [4.78, 5) is 9.47. The molecule has 1 N–H and O–H groups in total. The Bertz CT molecular complexity index is 1080. The van der Waals surface area contributed by atoms with Gasteiger partial charge in [-0.2, -0.15) is 0 Å². The lowest BCUT2D eigenvalue weighted by Gasteiger charge is -2.12. The number of para-hydroxylation sites is 2. The van der Waals surface area contributed by atoms with Crippen LogP contribution in [0.3, 0.4) is 0 Å². The minimum absolute atomic E-state index is 0.182.